The number of carbonyl (C=O) groups excluding carboxylic acids is 1. The molecule has 0 saturated carbocycles. The lowest BCUT2D eigenvalue weighted by Gasteiger charge is -2.16. The molecule has 0 fully saturated rings. The van der Waals surface area contributed by atoms with Crippen LogP contribution >= 0.6 is 0 Å². The number of fused-ring (bicyclic) bond motifs is 1. The maximum Gasteiger partial charge on any atom is 0.255 e. The Hall–Kier alpha value is -2.83. The van der Waals surface area contributed by atoms with Crippen LogP contribution < -0.4 is 16.4 Å². The van der Waals surface area contributed by atoms with Crippen LogP contribution in [-0.4, -0.2) is 29.3 Å². The van der Waals surface area contributed by atoms with E-state index >= 15 is 0 Å². The molecule has 3 rings (SSSR count). The van der Waals surface area contributed by atoms with E-state index in [1.54, 1.807) is 0 Å². The first-order chi connectivity index (χ1) is 12.5. The molecule has 6 heteroatoms. The smallest absolute Gasteiger partial charge is 0.255 e. The van der Waals surface area contributed by atoms with Gasteiger partial charge in [-0.2, -0.15) is 0 Å². The first-order valence-corrected chi connectivity index (χ1v) is 8.56. The summed E-state index contributed by atoms with van der Waals surface area (Å²) in [5.41, 5.74) is 9.95. The molecule has 0 radical (unpaired) electrons. The predicted octanol–water partition coefficient (Wildman–Crippen LogP) is 1.94. The van der Waals surface area contributed by atoms with Crippen LogP contribution in [0.2, 0.25) is 0 Å². The minimum Gasteiger partial charge on any atom is -0.506 e. The summed E-state index contributed by atoms with van der Waals surface area (Å²) in [7, 11) is 0. The van der Waals surface area contributed by atoms with Gasteiger partial charge in [-0.1, -0.05) is 24.8 Å². The molecule has 136 valence electrons. The minimum absolute atomic E-state index is 0.0531. The lowest BCUT2D eigenvalue weighted by atomic mass is 10.00. The molecule has 1 atom stereocenters. The summed E-state index contributed by atoms with van der Waals surface area (Å²) in [4.78, 5) is 12.4. The first kappa shape index (κ1) is 18.0. The van der Waals surface area contributed by atoms with Crippen LogP contribution in [-0.2, 0) is 6.42 Å². The van der Waals surface area contributed by atoms with Crippen LogP contribution in [0.15, 0.2) is 43.0 Å². The van der Waals surface area contributed by atoms with Crippen molar-refractivity contribution in [3.63, 3.8) is 0 Å². The fourth-order valence-electron chi connectivity index (χ4n) is 3.36. The van der Waals surface area contributed by atoms with Crippen molar-refractivity contribution in [3.8, 4) is 5.75 Å². The Morgan fingerprint density at radius 3 is 2.85 bits per heavy atom. The van der Waals surface area contributed by atoms with E-state index in [4.69, 9.17) is 10.8 Å². The van der Waals surface area contributed by atoms with E-state index in [-0.39, 0.29) is 30.0 Å². The van der Waals surface area contributed by atoms with Crippen molar-refractivity contribution in [1.82, 2.24) is 10.6 Å². The number of aliphatic hydroxyl groups is 1. The van der Waals surface area contributed by atoms with E-state index in [0.29, 0.717) is 17.8 Å². The van der Waals surface area contributed by atoms with Gasteiger partial charge in [0.2, 0.25) is 0 Å². The summed E-state index contributed by atoms with van der Waals surface area (Å²) in [6.07, 6.45) is 1.83. The van der Waals surface area contributed by atoms with E-state index in [2.05, 4.69) is 23.3 Å². The van der Waals surface area contributed by atoms with E-state index in [1.165, 1.54) is 29.3 Å². The van der Waals surface area contributed by atoms with E-state index in [1.807, 2.05) is 12.1 Å². The number of anilines is 1. The number of aliphatic hydroxyl groups excluding tert-OH is 1. The van der Waals surface area contributed by atoms with Crippen molar-refractivity contribution in [2.75, 3.05) is 18.9 Å². The van der Waals surface area contributed by atoms with Gasteiger partial charge in [-0.25, -0.2) is 0 Å². The SMILES string of the molecule is C=C(NC(=O)c1ccc(O)c(N)c1)c1cccc2c1CCC2NCCO. The highest BCUT2D eigenvalue weighted by Gasteiger charge is 2.25. The molecular weight excluding hydrogens is 330 g/mol. The van der Waals surface area contributed by atoms with Gasteiger partial charge in [0.25, 0.3) is 5.91 Å². The Bertz CT molecular complexity index is 848. The van der Waals surface area contributed by atoms with Crippen molar-refractivity contribution < 1.29 is 15.0 Å². The first-order valence-electron chi connectivity index (χ1n) is 8.56. The van der Waals surface area contributed by atoms with Crippen molar-refractivity contribution >= 4 is 17.3 Å². The van der Waals surface area contributed by atoms with E-state index in [0.717, 1.165) is 18.4 Å². The minimum atomic E-state index is -0.327. The Morgan fingerprint density at radius 1 is 1.31 bits per heavy atom. The number of nitrogens with one attached hydrogen (secondary N) is 2. The third-order valence-corrected chi connectivity index (χ3v) is 4.65. The lowest BCUT2D eigenvalue weighted by molar-refractivity contribution is 0.0974. The van der Waals surface area contributed by atoms with Crippen LogP contribution in [0, 0.1) is 0 Å². The summed E-state index contributed by atoms with van der Waals surface area (Å²) >= 11 is 0. The van der Waals surface area contributed by atoms with Gasteiger partial charge in [0.1, 0.15) is 5.75 Å². The highest BCUT2D eigenvalue weighted by Crippen LogP contribution is 2.35. The zero-order chi connectivity index (χ0) is 18.7. The third kappa shape index (κ3) is 3.56. The van der Waals surface area contributed by atoms with Gasteiger partial charge in [0.05, 0.1) is 12.3 Å². The summed E-state index contributed by atoms with van der Waals surface area (Å²) in [5.74, 6) is -0.380. The maximum atomic E-state index is 12.4. The average molecular weight is 353 g/mol. The number of hydrogen-bond donors (Lipinski definition) is 5. The van der Waals surface area contributed by atoms with Crippen LogP contribution in [0.1, 0.15) is 39.5 Å². The number of aromatic hydroxyl groups is 1. The molecule has 1 aliphatic carbocycles. The zero-order valence-corrected chi connectivity index (χ0v) is 14.5. The number of nitrogen functional groups attached to an aromatic ring is 1. The molecule has 1 aliphatic rings. The summed E-state index contributed by atoms with van der Waals surface area (Å²) < 4.78 is 0. The van der Waals surface area contributed by atoms with Crippen LogP contribution in [0.25, 0.3) is 5.70 Å². The molecule has 0 spiro atoms. The van der Waals surface area contributed by atoms with Gasteiger partial charge in [-0.05, 0) is 42.2 Å². The Labute approximate surface area is 152 Å². The van der Waals surface area contributed by atoms with Crippen LogP contribution in [0.4, 0.5) is 5.69 Å². The van der Waals surface area contributed by atoms with E-state index < -0.39 is 0 Å². The number of carbonyl (C=O) groups is 1. The number of amides is 1. The van der Waals surface area contributed by atoms with Crippen molar-refractivity contribution in [1.29, 1.82) is 0 Å². The monoisotopic (exact) mass is 353 g/mol. The number of nitrogens with two attached hydrogens (primary N) is 1. The Kier molecular flexibility index (Phi) is 5.25. The topological polar surface area (TPSA) is 108 Å². The molecule has 1 unspecified atom stereocenters. The highest BCUT2D eigenvalue weighted by atomic mass is 16.3. The number of rotatable bonds is 6. The fraction of sp³-hybridized carbons (Fsp3) is 0.250. The Morgan fingerprint density at radius 2 is 2.12 bits per heavy atom. The number of benzene rings is 2. The highest BCUT2D eigenvalue weighted by molar-refractivity contribution is 6.00. The Balaban J connectivity index is 1.77. The van der Waals surface area contributed by atoms with Gasteiger partial charge in [-0.3, -0.25) is 4.79 Å². The third-order valence-electron chi connectivity index (χ3n) is 4.65. The number of hydrogen-bond acceptors (Lipinski definition) is 5. The summed E-state index contributed by atoms with van der Waals surface area (Å²) in [6, 6.07) is 10.5. The molecule has 2 aromatic carbocycles. The van der Waals surface area contributed by atoms with Crippen molar-refractivity contribution in [2.24, 2.45) is 0 Å². The quantitative estimate of drug-likeness (QED) is 0.403. The van der Waals surface area contributed by atoms with E-state index in [9.17, 15) is 9.90 Å². The molecular formula is C20H23N3O3. The van der Waals surface area contributed by atoms with Gasteiger partial charge in [-0.15, -0.1) is 0 Å². The normalized spacial score (nSPS) is 15.5. The molecule has 0 aliphatic heterocycles. The molecule has 6 nitrogen and oxygen atoms in total. The van der Waals surface area contributed by atoms with Gasteiger partial charge in [0, 0.05) is 29.4 Å². The molecule has 6 N–H and O–H groups in total. The fourth-order valence-corrected chi connectivity index (χ4v) is 3.36. The summed E-state index contributed by atoms with van der Waals surface area (Å²) in [5, 5.41) is 24.6. The number of phenolic OH excluding ortho intramolecular Hbond substituents is 1. The van der Waals surface area contributed by atoms with Gasteiger partial charge >= 0.3 is 0 Å². The number of phenols is 1. The van der Waals surface area contributed by atoms with Crippen molar-refractivity contribution in [2.45, 2.75) is 18.9 Å². The predicted molar refractivity (Wildman–Crippen MR) is 102 cm³/mol. The second kappa shape index (κ2) is 7.59. The van der Waals surface area contributed by atoms with Gasteiger partial charge < -0.3 is 26.6 Å². The molecule has 2 aromatic rings. The molecule has 1 amide bonds. The summed E-state index contributed by atoms with van der Waals surface area (Å²) in [6.45, 7) is 4.67. The molecule has 26 heavy (non-hydrogen) atoms. The second-order valence-electron chi connectivity index (χ2n) is 6.35. The molecule has 0 bridgehead atoms. The van der Waals surface area contributed by atoms with Gasteiger partial charge in [0.15, 0.2) is 0 Å². The molecule has 0 saturated heterocycles. The standard InChI is InChI=1S/C20H23N3O3/c1-12(23-20(26)13-5-8-19(25)17(21)11-13)14-3-2-4-16-15(14)6-7-18(16)22-9-10-24/h2-5,8,11,18,22,24-25H,1,6-7,9-10,21H2,(H,23,26). The van der Waals surface area contributed by atoms with Crippen LogP contribution in [0.5, 0.6) is 5.75 Å². The second-order valence-corrected chi connectivity index (χ2v) is 6.35. The molecule has 0 aromatic heterocycles. The van der Waals surface area contributed by atoms with Crippen LogP contribution in [0.3, 0.4) is 0 Å². The average Bonchev–Trinajstić information content (AvgIpc) is 3.05. The largest absolute Gasteiger partial charge is 0.506 e. The zero-order valence-electron chi connectivity index (χ0n) is 14.5. The lowest BCUT2D eigenvalue weighted by Crippen LogP contribution is -2.23. The van der Waals surface area contributed by atoms with Crippen molar-refractivity contribution in [3.05, 3.63) is 65.2 Å². The maximum absolute atomic E-state index is 12.4. The molecule has 0 heterocycles.